The van der Waals surface area contributed by atoms with Gasteiger partial charge < -0.3 is 25.0 Å². The maximum Gasteiger partial charge on any atom is 0.321 e. The second-order valence-electron chi connectivity index (χ2n) is 10.7. The summed E-state index contributed by atoms with van der Waals surface area (Å²) in [6, 6.07) is 6.45. The van der Waals surface area contributed by atoms with Crippen molar-refractivity contribution < 1.29 is 26.7 Å². The molecule has 1 aromatic heterocycles. The molecule has 2 heterocycles. The van der Waals surface area contributed by atoms with Crippen LogP contribution in [-0.2, 0) is 0 Å². The fourth-order valence-electron chi connectivity index (χ4n) is 5.01. The standard InChI is InChI=1S/C30H37FN4O4.2H2/c1-20-17-35(21(2)19-36)29(37)26-15-23(10-6-9-22-7-4-5-8-22)16-32-28(26)39-27(20)18-34(3)30(38)33-25-13-11-24(31)12-14-25;;/h11-16,20-22,27,36H,4-5,7-9,17-19H2,1-3H3,(H,33,38);2*1H/t20-,21+,27-;;/m0../s1. The number of rotatable bonds is 6. The van der Waals surface area contributed by atoms with Crippen molar-refractivity contribution >= 4 is 17.6 Å². The van der Waals surface area contributed by atoms with Crippen LogP contribution in [0.1, 0.15) is 64.7 Å². The minimum absolute atomic E-state index is 0. The molecule has 0 radical (unpaired) electrons. The number of hydrogen-bond donors (Lipinski definition) is 2. The van der Waals surface area contributed by atoms with Gasteiger partial charge in [0.2, 0.25) is 5.88 Å². The number of nitrogens with zero attached hydrogens (tertiary/aromatic N) is 3. The monoisotopic (exact) mass is 540 g/mol. The molecule has 2 N–H and O–H groups in total. The minimum atomic E-state index is -0.485. The summed E-state index contributed by atoms with van der Waals surface area (Å²) in [5, 5.41) is 12.6. The topological polar surface area (TPSA) is 95.0 Å². The molecule has 1 saturated carbocycles. The third-order valence-corrected chi connectivity index (χ3v) is 7.52. The highest BCUT2D eigenvalue weighted by atomic mass is 19.1. The van der Waals surface area contributed by atoms with E-state index < -0.39 is 12.1 Å². The summed E-state index contributed by atoms with van der Waals surface area (Å²) < 4.78 is 19.5. The van der Waals surface area contributed by atoms with Gasteiger partial charge in [0.1, 0.15) is 17.5 Å². The molecule has 2 aromatic rings. The molecule has 212 valence electrons. The van der Waals surface area contributed by atoms with Crippen LogP contribution in [0.3, 0.4) is 0 Å². The molecule has 9 heteroatoms. The average molecular weight is 541 g/mol. The van der Waals surface area contributed by atoms with Crippen LogP contribution in [0.4, 0.5) is 14.9 Å². The number of carbonyl (C=O) groups excluding carboxylic acids is 2. The largest absolute Gasteiger partial charge is 0.472 e. The average Bonchev–Trinajstić information content (AvgIpc) is 3.45. The molecule has 0 spiro atoms. The molecule has 3 amide bonds. The van der Waals surface area contributed by atoms with Crippen molar-refractivity contribution in [2.45, 2.75) is 58.1 Å². The Morgan fingerprint density at radius 1 is 1.33 bits per heavy atom. The van der Waals surface area contributed by atoms with E-state index in [-0.39, 0.29) is 45.6 Å². The van der Waals surface area contributed by atoms with Gasteiger partial charge in [0.15, 0.2) is 0 Å². The molecule has 2 aliphatic rings. The van der Waals surface area contributed by atoms with E-state index in [9.17, 15) is 19.1 Å². The van der Waals surface area contributed by atoms with Crippen LogP contribution >= 0.6 is 0 Å². The number of amides is 3. The molecule has 1 fully saturated rings. The number of pyridine rings is 1. The molecule has 0 saturated heterocycles. The Morgan fingerprint density at radius 3 is 2.74 bits per heavy atom. The second-order valence-corrected chi connectivity index (χ2v) is 10.7. The zero-order chi connectivity index (χ0) is 27.9. The summed E-state index contributed by atoms with van der Waals surface area (Å²) in [5.74, 6) is 6.39. The fraction of sp³-hybridized carbons (Fsp3) is 0.500. The van der Waals surface area contributed by atoms with E-state index in [4.69, 9.17) is 4.74 Å². The second kappa shape index (κ2) is 12.9. The highest BCUT2D eigenvalue weighted by Crippen LogP contribution is 2.28. The van der Waals surface area contributed by atoms with Crippen LogP contribution in [0.25, 0.3) is 0 Å². The predicted octanol–water partition coefficient (Wildman–Crippen LogP) is 5.03. The molecule has 3 atom stereocenters. The highest BCUT2D eigenvalue weighted by Gasteiger charge is 2.34. The highest BCUT2D eigenvalue weighted by molar-refractivity contribution is 5.97. The fourth-order valence-corrected chi connectivity index (χ4v) is 5.01. The first-order valence-electron chi connectivity index (χ1n) is 13.6. The number of hydrogen-bond acceptors (Lipinski definition) is 5. The first kappa shape index (κ1) is 28.4. The molecular weight excluding hydrogens is 499 g/mol. The Bertz CT molecular complexity index is 1230. The Morgan fingerprint density at radius 2 is 2.05 bits per heavy atom. The number of carbonyl (C=O) groups is 2. The zero-order valence-electron chi connectivity index (χ0n) is 22.8. The number of halogens is 1. The van der Waals surface area contributed by atoms with Crippen molar-refractivity contribution in [2.24, 2.45) is 11.8 Å². The molecule has 4 rings (SSSR count). The van der Waals surface area contributed by atoms with E-state index in [2.05, 4.69) is 22.1 Å². The van der Waals surface area contributed by atoms with Crippen molar-refractivity contribution in [1.29, 1.82) is 0 Å². The summed E-state index contributed by atoms with van der Waals surface area (Å²) in [6.45, 7) is 4.09. The maximum atomic E-state index is 13.6. The molecule has 39 heavy (non-hydrogen) atoms. The Labute approximate surface area is 232 Å². The van der Waals surface area contributed by atoms with Gasteiger partial charge in [-0.25, -0.2) is 14.2 Å². The normalized spacial score (nSPS) is 20.1. The van der Waals surface area contributed by atoms with Crippen molar-refractivity contribution in [3.8, 4) is 17.7 Å². The van der Waals surface area contributed by atoms with Crippen LogP contribution in [0.5, 0.6) is 5.88 Å². The Kier molecular flexibility index (Phi) is 9.41. The van der Waals surface area contributed by atoms with E-state index in [1.807, 2.05) is 6.92 Å². The number of benzene rings is 1. The van der Waals surface area contributed by atoms with Crippen LogP contribution < -0.4 is 10.1 Å². The quantitative estimate of drug-likeness (QED) is 0.502. The van der Waals surface area contributed by atoms with Crippen LogP contribution in [0.15, 0.2) is 36.5 Å². The van der Waals surface area contributed by atoms with Crippen LogP contribution in [0, 0.1) is 29.5 Å². The third-order valence-electron chi connectivity index (χ3n) is 7.52. The lowest BCUT2D eigenvalue weighted by molar-refractivity contribution is 0.0356. The summed E-state index contributed by atoms with van der Waals surface area (Å²) >= 11 is 0. The number of urea groups is 1. The third kappa shape index (κ3) is 7.27. The van der Waals surface area contributed by atoms with Crippen molar-refractivity contribution in [1.82, 2.24) is 14.8 Å². The van der Waals surface area contributed by atoms with Crippen molar-refractivity contribution in [3.05, 3.63) is 53.5 Å². The van der Waals surface area contributed by atoms with E-state index in [0.29, 0.717) is 29.3 Å². The number of fused-ring (bicyclic) bond motifs is 1. The lowest BCUT2D eigenvalue weighted by atomic mass is 10.00. The number of nitrogens with one attached hydrogen (secondary N) is 1. The van der Waals surface area contributed by atoms with E-state index in [1.54, 1.807) is 31.1 Å². The van der Waals surface area contributed by atoms with Gasteiger partial charge >= 0.3 is 6.03 Å². The molecular formula is C30H41FN4O4. The molecule has 0 unspecified atom stereocenters. The van der Waals surface area contributed by atoms with E-state index >= 15 is 0 Å². The van der Waals surface area contributed by atoms with E-state index in [1.165, 1.54) is 54.8 Å². The van der Waals surface area contributed by atoms with Gasteiger partial charge in [-0.1, -0.05) is 31.6 Å². The van der Waals surface area contributed by atoms with Crippen LogP contribution in [-0.4, -0.2) is 70.7 Å². The van der Waals surface area contributed by atoms with Gasteiger partial charge in [0, 0.05) is 46.2 Å². The van der Waals surface area contributed by atoms with Gasteiger partial charge in [-0.2, -0.15) is 0 Å². The maximum absolute atomic E-state index is 13.6. The number of ether oxygens (including phenoxy) is 1. The van der Waals surface area contributed by atoms with Gasteiger partial charge in [-0.05, 0) is 56.0 Å². The van der Waals surface area contributed by atoms with Gasteiger partial charge in [0.25, 0.3) is 5.91 Å². The molecule has 1 aliphatic carbocycles. The van der Waals surface area contributed by atoms with Crippen molar-refractivity contribution in [3.63, 3.8) is 0 Å². The molecule has 1 aromatic carbocycles. The van der Waals surface area contributed by atoms with Gasteiger partial charge in [0.05, 0.1) is 19.2 Å². The summed E-state index contributed by atoms with van der Waals surface area (Å²) in [6.07, 6.45) is 6.92. The van der Waals surface area contributed by atoms with Crippen LogP contribution in [0.2, 0.25) is 0 Å². The predicted molar refractivity (Wildman–Crippen MR) is 151 cm³/mol. The smallest absolute Gasteiger partial charge is 0.321 e. The van der Waals surface area contributed by atoms with Crippen molar-refractivity contribution in [2.75, 3.05) is 32.1 Å². The minimum Gasteiger partial charge on any atom is -0.472 e. The first-order valence-corrected chi connectivity index (χ1v) is 13.6. The number of aromatic nitrogens is 1. The lowest BCUT2D eigenvalue weighted by Crippen LogP contribution is -2.50. The van der Waals surface area contributed by atoms with Gasteiger partial charge in [-0.3, -0.25) is 4.79 Å². The first-order chi connectivity index (χ1) is 18.7. The Hall–Kier alpha value is -3.64. The lowest BCUT2D eigenvalue weighted by Gasteiger charge is -2.37. The number of likely N-dealkylation sites (N-methyl/N-ethyl adjacent to an activating group) is 1. The molecule has 8 nitrogen and oxygen atoms in total. The SMILES string of the molecule is C[C@H](CO)N1C[C@H](C)[C@H](CN(C)C(=O)Nc2ccc(F)cc2)Oc2ncc(C#CCC3CCCC3)cc2C1=O.[HH].[HH]. The van der Waals surface area contributed by atoms with Gasteiger partial charge in [-0.15, -0.1) is 0 Å². The molecule has 1 aliphatic heterocycles. The number of anilines is 1. The summed E-state index contributed by atoms with van der Waals surface area (Å²) in [7, 11) is 1.64. The summed E-state index contributed by atoms with van der Waals surface area (Å²) in [4.78, 5) is 34.0. The molecule has 0 bridgehead atoms. The summed E-state index contributed by atoms with van der Waals surface area (Å²) in [5.41, 5.74) is 1.40. The number of aliphatic hydroxyl groups excluding tert-OH is 1. The van der Waals surface area contributed by atoms with E-state index in [0.717, 1.165) is 6.42 Å². The number of aliphatic hydroxyl groups is 1. The Balaban J connectivity index is 0.00000294. The zero-order valence-corrected chi connectivity index (χ0v) is 22.8.